The van der Waals surface area contributed by atoms with Gasteiger partial charge in [0, 0.05) is 36.7 Å². The lowest BCUT2D eigenvalue weighted by Gasteiger charge is -2.28. The number of aliphatic hydroxyl groups is 2. The summed E-state index contributed by atoms with van der Waals surface area (Å²) in [7, 11) is 0. The maximum Gasteiger partial charge on any atom is 0.266 e. The van der Waals surface area contributed by atoms with Crippen LogP contribution in [0.15, 0.2) is 140 Å². The number of para-hydroxylation sites is 4. The molecule has 5 aromatic rings. The number of fused-ring (bicyclic) bond motifs is 3. The topological polar surface area (TPSA) is 111 Å². The lowest BCUT2D eigenvalue weighted by Crippen LogP contribution is -2.44. The summed E-state index contributed by atoms with van der Waals surface area (Å²) in [5, 5.41) is 21.7. The standard InChI is InChI=1S/C43H39N3O6/c1-30(13-11-24-40(48)44(25-26-47)28-31-14-3-2-4-15-31)43(51)35-19-6-7-20-36(35)45(42(43)50)29-32-16-12-17-33(27-32)46-37-21-8-10-23-39(37)52-38-22-9-5-18-34(38)41(46)49/h2-23,27,30,47,51H,24-26,28-29H2,1H3/b13-11+/t30-,43+/m0/s1. The van der Waals surface area contributed by atoms with Crippen LogP contribution in [0.4, 0.5) is 17.1 Å². The maximum absolute atomic E-state index is 14.3. The first-order chi connectivity index (χ1) is 25.3. The average molecular weight is 694 g/mol. The molecule has 0 fully saturated rings. The van der Waals surface area contributed by atoms with Gasteiger partial charge in [0.15, 0.2) is 11.4 Å². The van der Waals surface area contributed by atoms with Crippen LogP contribution in [-0.4, -0.2) is 46.0 Å². The molecule has 2 aliphatic heterocycles. The Bertz CT molecular complexity index is 2150. The van der Waals surface area contributed by atoms with Crippen LogP contribution in [0.5, 0.6) is 11.5 Å². The van der Waals surface area contributed by atoms with Crippen molar-refractivity contribution in [1.82, 2.24) is 4.90 Å². The predicted molar refractivity (Wildman–Crippen MR) is 199 cm³/mol. The van der Waals surface area contributed by atoms with E-state index in [0.717, 1.165) is 11.1 Å². The van der Waals surface area contributed by atoms with Crippen molar-refractivity contribution in [1.29, 1.82) is 0 Å². The molecule has 52 heavy (non-hydrogen) atoms. The van der Waals surface area contributed by atoms with Crippen molar-refractivity contribution >= 4 is 34.8 Å². The number of hydrogen-bond acceptors (Lipinski definition) is 6. The van der Waals surface area contributed by atoms with Gasteiger partial charge in [0.25, 0.3) is 11.8 Å². The van der Waals surface area contributed by atoms with E-state index in [1.807, 2.05) is 97.1 Å². The first-order valence-corrected chi connectivity index (χ1v) is 17.3. The monoisotopic (exact) mass is 693 g/mol. The second-order valence-electron chi connectivity index (χ2n) is 13.0. The van der Waals surface area contributed by atoms with Crippen LogP contribution in [-0.2, 0) is 28.3 Å². The first kappa shape index (κ1) is 34.4. The van der Waals surface area contributed by atoms with Gasteiger partial charge in [-0.2, -0.15) is 0 Å². The van der Waals surface area contributed by atoms with Crippen LogP contribution in [0.1, 0.15) is 40.4 Å². The van der Waals surface area contributed by atoms with Crippen molar-refractivity contribution < 1.29 is 29.3 Å². The van der Waals surface area contributed by atoms with E-state index >= 15 is 0 Å². The third-order valence-electron chi connectivity index (χ3n) is 9.65. The number of carbonyl (C=O) groups is 3. The predicted octanol–water partition coefficient (Wildman–Crippen LogP) is 7.11. The third-order valence-corrected chi connectivity index (χ3v) is 9.65. The molecule has 9 heteroatoms. The van der Waals surface area contributed by atoms with E-state index in [9.17, 15) is 24.6 Å². The summed E-state index contributed by atoms with van der Waals surface area (Å²) >= 11 is 0. The number of ether oxygens (including phenoxy) is 1. The maximum atomic E-state index is 14.3. The Morgan fingerprint density at radius 2 is 1.50 bits per heavy atom. The fraction of sp³-hybridized carbons (Fsp3) is 0.186. The Labute approximate surface area is 302 Å². The molecule has 0 saturated carbocycles. The molecule has 0 radical (unpaired) electrons. The highest BCUT2D eigenvalue weighted by molar-refractivity contribution is 6.14. The molecule has 9 nitrogen and oxygen atoms in total. The molecule has 0 saturated heterocycles. The number of hydrogen-bond donors (Lipinski definition) is 2. The van der Waals surface area contributed by atoms with Crippen molar-refractivity contribution in [2.75, 3.05) is 23.0 Å². The lowest BCUT2D eigenvalue weighted by molar-refractivity contribution is -0.139. The van der Waals surface area contributed by atoms with Crippen LogP contribution in [0.25, 0.3) is 0 Å². The zero-order chi connectivity index (χ0) is 36.2. The fourth-order valence-electron chi connectivity index (χ4n) is 6.96. The van der Waals surface area contributed by atoms with E-state index in [2.05, 4.69) is 0 Å². The van der Waals surface area contributed by atoms with Crippen LogP contribution in [0.2, 0.25) is 0 Å². The number of amides is 3. The van der Waals surface area contributed by atoms with Crippen LogP contribution < -0.4 is 14.5 Å². The Kier molecular flexibility index (Phi) is 9.71. The summed E-state index contributed by atoms with van der Waals surface area (Å²) in [5.74, 6) is -0.550. The second-order valence-corrected chi connectivity index (χ2v) is 13.0. The van der Waals surface area contributed by atoms with E-state index in [1.54, 1.807) is 64.1 Å². The number of carbonyl (C=O) groups excluding carboxylic acids is 3. The Morgan fingerprint density at radius 1 is 0.827 bits per heavy atom. The van der Waals surface area contributed by atoms with Crippen LogP contribution in [0, 0.1) is 5.92 Å². The number of benzene rings is 5. The summed E-state index contributed by atoms with van der Waals surface area (Å²) in [6.45, 7) is 2.31. The Hall–Kier alpha value is -6.03. The smallest absolute Gasteiger partial charge is 0.266 e. The molecule has 7 rings (SSSR count). The van der Waals surface area contributed by atoms with Gasteiger partial charge in [-0.1, -0.05) is 104 Å². The summed E-state index contributed by atoms with van der Waals surface area (Å²) in [6, 6.07) is 38.7. The lowest BCUT2D eigenvalue weighted by atomic mass is 9.83. The minimum atomic E-state index is -1.87. The molecular formula is C43H39N3O6. The van der Waals surface area contributed by atoms with Gasteiger partial charge in [-0.3, -0.25) is 19.3 Å². The highest BCUT2D eigenvalue weighted by atomic mass is 16.5. The fourth-order valence-corrected chi connectivity index (χ4v) is 6.96. The summed E-state index contributed by atoms with van der Waals surface area (Å²) in [5.41, 5.74) is 2.54. The molecule has 0 unspecified atom stereocenters. The van der Waals surface area contributed by atoms with Crippen molar-refractivity contribution in [3.63, 3.8) is 0 Å². The summed E-state index contributed by atoms with van der Waals surface area (Å²) < 4.78 is 6.17. The third kappa shape index (κ3) is 6.48. The zero-order valence-corrected chi connectivity index (χ0v) is 28.8. The number of nitrogens with zero attached hydrogens (tertiary/aromatic N) is 3. The van der Waals surface area contributed by atoms with Gasteiger partial charge in [-0.05, 0) is 53.6 Å². The quantitative estimate of drug-likeness (QED) is 0.143. The van der Waals surface area contributed by atoms with E-state index in [1.165, 1.54) is 0 Å². The van der Waals surface area contributed by atoms with Gasteiger partial charge in [0.1, 0.15) is 5.75 Å². The minimum Gasteiger partial charge on any atom is -0.454 e. The first-order valence-electron chi connectivity index (χ1n) is 17.3. The van der Waals surface area contributed by atoms with Crippen molar-refractivity contribution in [3.05, 3.63) is 162 Å². The summed E-state index contributed by atoms with van der Waals surface area (Å²) in [6.07, 6.45) is 3.44. The number of aliphatic hydroxyl groups excluding tert-OH is 1. The molecule has 2 atom stereocenters. The Balaban J connectivity index is 1.12. The van der Waals surface area contributed by atoms with Crippen molar-refractivity contribution in [2.24, 2.45) is 5.92 Å². The van der Waals surface area contributed by atoms with Gasteiger partial charge < -0.3 is 24.7 Å². The van der Waals surface area contributed by atoms with Crippen molar-refractivity contribution in [2.45, 2.75) is 32.0 Å². The van der Waals surface area contributed by atoms with E-state index in [4.69, 9.17) is 4.74 Å². The average Bonchev–Trinajstić information content (AvgIpc) is 3.29. The molecule has 2 aliphatic rings. The van der Waals surface area contributed by atoms with E-state index < -0.39 is 17.4 Å². The van der Waals surface area contributed by atoms with Gasteiger partial charge >= 0.3 is 0 Å². The summed E-state index contributed by atoms with van der Waals surface area (Å²) in [4.78, 5) is 46.2. The second kappa shape index (κ2) is 14.7. The molecule has 3 amide bonds. The molecule has 0 spiro atoms. The van der Waals surface area contributed by atoms with Gasteiger partial charge in [0.05, 0.1) is 30.1 Å². The molecule has 0 aliphatic carbocycles. The highest BCUT2D eigenvalue weighted by Gasteiger charge is 2.52. The SMILES string of the molecule is C[C@@H](/C=C/CC(=O)N(CCO)Cc1ccccc1)[C@]1(O)C(=O)N(Cc2cccc(N3C(=O)c4ccccc4Oc4ccccc43)c2)c2ccccc21. The molecule has 0 bridgehead atoms. The Morgan fingerprint density at radius 3 is 2.29 bits per heavy atom. The molecule has 5 aromatic carbocycles. The number of rotatable bonds is 11. The zero-order valence-electron chi connectivity index (χ0n) is 28.8. The van der Waals surface area contributed by atoms with E-state index in [0.29, 0.717) is 46.2 Å². The normalized spacial score (nSPS) is 16.9. The number of anilines is 3. The van der Waals surface area contributed by atoms with E-state index in [-0.39, 0.29) is 37.9 Å². The van der Waals surface area contributed by atoms with Crippen LogP contribution >= 0.6 is 0 Å². The molecule has 2 N–H and O–H groups in total. The van der Waals surface area contributed by atoms with Gasteiger partial charge in [-0.25, -0.2) is 0 Å². The molecular weight excluding hydrogens is 654 g/mol. The van der Waals surface area contributed by atoms with Crippen LogP contribution in [0.3, 0.4) is 0 Å². The largest absolute Gasteiger partial charge is 0.454 e. The van der Waals surface area contributed by atoms with Gasteiger partial charge in [-0.15, -0.1) is 0 Å². The molecule has 262 valence electrons. The highest BCUT2D eigenvalue weighted by Crippen LogP contribution is 2.46. The minimum absolute atomic E-state index is 0.0491. The van der Waals surface area contributed by atoms with Gasteiger partial charge in [0.2, 0.25) is 5.91 Å². The molecule has 2 heterocycles. The molecule has 0 aromatic heterocycles. The van der Waals surface area contributed by atoms with Crippen molar-refractivity contribution in [3.8, 4) is 11.5 Å².